The zero-order valence-corrected chi connectivity index (χ0v) is 20.1. The van der Waals surface area contributed by atoms with Gasteiger partial charge in [-0.1, -0.05) is 0 Å². The van der Waals surface area contributed by atoms with E-state index < -0.39 is 6.17 Å². The van der Waals surface area contributed by atoms with Crippen LogP contribution >= 0.6 is 0 Å². The number of rotatable bonds is 6. The summed E-state index contributed by atoms with van der Waals surface area (Å²) in [5.41, 5.74) is 2.95. The Kier molecular flexibility index (Phi) is 5.81. The van der Waals surface area contributed by atoms with Gasteiger partial charge in [0.25, 0.3) is 5.91 Å². The van der Waals surface area contributed by atoms with Gasteiger partial charge in [-0.2, -0.15) is 9.61 Å². The zero-order chi connectivity index (χ0) is 24.8. The van der Waals surface area contributed by atoms with Gasteiger partial charge in [-0.3, -0.25) is 4.79 Å². The van der Waals surface area contributed by atoms with Gasteiger partial charge in [-0.05, 0) is 31.4 Å². The number of nitrogens with zero attached hydrogens (tertiary/aromatic N) is 5. The predicted octanol–water partition coefficient (Wildman–Crippen LogP) is 2.99. The maximum Gasteiger partial charge on any atom is 0.257 e. The highest BCUT2D eigenvalue weighted by Crippen LogP contribution is 2.35. The number of carbonyl (C=O) groups is 1. The van der Waals surface area contributed by atoms with E-state index in [4.69, 9.17) is 14.5 Å². The second-order valence-electron chi connectivity index (χ2n) is 9.27. The number of anilines is 1. The molecule has 2 aliphatic rings. The van der Waals surface area contributed by atoms with Crippen molar-refractivity contribution >= 4 is 28.4 Å². The lowest BCUT2D eigenvalue weighted by molar-refractivity contribution is 0.00443. The monoisotopic (exact) mass is 493 g/mol. The van der Waals surface area contributed by atoms with Crippen LogP contribution in [0.25, 0.3) is 27.9 Å². The highest BCUT2D eigenvalue weighted by Gasteiger charge is 2.33. The number of fused-ring (bicyclic) bond motifs is 2. The fourth-order valence-electron chi connectivity index (χ4n) is 5.15. The Morgan fingerprint density at radius 2 is 2.17 bits per heavy atom. The Labute approximate surface area is 206 Å². The molecule has 0 spiro atoms. The fourth-order valence-corrected chi connectivity index (χ4v) is 5.15. The van der Waals surface area contributed by atoms with Crippen LogP contribution in [0, 0.1) is 0 Å². The number of halogens is 1. The molecule has 0 radical (unpaired) electrons. The van der Waals surface area contributed by atoms with E-state index in [9.17, 15) is 9.18 Å². The molecule has 0 aromatic carbocycles. The van der Waals surface area contributed by atoms with Gasteiger partial charge in [0, 0.05) is 50.2 Å². The van der Waals surface area contributed by atoms with Gasteiger partial charge in [0.2, 0.25) is 0 Å². The largest absolute Gasteiger partial charge is 0.379 e. The maximum absolute atomic E-state index is 14.8. The van der Waals surface area contributed by atoms with Crippen molar-refractivity contribution in [3.8, 4) is 11.3 Å². The third kappa shape index (κ3) is 3.70. The molecule has 2 N–H and O–H groups in total. The Morgan fingerprint density at radius 1 is 1.28 bits per heavy atom. The number of methoxy groups -OCH3 is 1. The molecule has 6 rings (SSSR count). The normalized spacial score (nSPS) is 24.1. The molecule has 36 heavy (non-hydrogen) atoms. The average molecular weight is 494 g/mol. The molecule has 1 aliphatic carbocycles. The number of hydrogen-bond acceptors (Lipinski definition) is 7. The molecule has 2 fully saturated rings. The zero-order valence-electron chi connectivity index (χ0n) is 20.1. The summed E-state index contributed by atoms with van der Waals surface area (Å²) in [5.74, 6) is 0.432. The summed E-state index contributed by atoms with van der Waals surface area (Å²) in [6.07, 6.45) is 6.40. The van der Waals surface area contributed by atoms with Crippen molar-refractivity contribution in [3.05, 3.63) is 42.4 Å². The Morgan fingerprint density at radius 3 is 2.92 bits per heavy atom. The molecule has 10 nitrogen and oxygen atoms in total. The van der Waals surface area contributed by atoms with E-state index >= 15 is 0 Å². The molecule has 0 bridgehead atoms. The quantitative estimate of drug-likeness (QED) is 0.425. The molecular formula is C25H28FN7O3. The van der Waals surface area contributed by atoms with E-state index in [-0.39, 0.29) is 30.7 Å². The molecule has 4 aromatic rings. The Hall–Kier alpha value is -3.57. The molecule has 1 amide bonds. The second-order valence-corrected chi connectivity index (χ2v) is 9.27. The molecule has 188 valence electrons. The van der Waals surface area contributed by atoms with Crippen LogP contribution in [0.3, 0.4) is 0 Å². The minimum Gasteiger partial charge on any atom is -0.379 e. The lowest BCUT2D eigenvalue weighted by atomic mass is 9.89. The van der Waals surface area contributed by atoms with Crippen LogP contribution in [0.5, 0.6) is 0 Å². The van der Waals surface area contributed by atoms with Gasteiger partial charge in [0.1, 0.15) is 23.2 Å². The summed E-state index contributed by atoms with van der Waals surface area (Å²) < 4.78 is 29.1. The highest BCUT2D eigenvalue weighted by molar-refractivity contribution is 6.01. The van der Waals surface area contributed by atoms with Crippen LogP contribution in [0.15, 0.2) is 36.8 Å². The third-order valence-electron chi connectivity index (χ3n) is 7.28. The Bertz CT molecular complexity index is 1430. The van der Waals surface area contributed by atoms with Gasteiger partial charge in [-0.15, -0.1) is 0 Å². The second kappa shape index (κ2) is 9.14. The summed E-state index contributed by atoms with van der Waals surface area (Å²) in [6.45, 7) is 0.570. The Balaban J connectivity index is 1.45. The summed E-state index contributed by atoms with van der Waals surface area (Å²) in [7, 11) is 3.44. The standard InChI is InChI=1S/C25H28FN7O3/c1-27-22-10-19(30-24-15(11-29-33(22)24)25(34)31-18-5-6-21(18)35-2)16-12-32(20-7-9-36-13-17(20)26)23-14(16)4-3-8-28-23/h3-4,8,10-12,17-18,20-21,27H,5-7,9,13H2,1-2H3,(H,31,34)/t17-,18-,20-,21-/m0/s1. The number of pyridine rings is 1. The molecule has 0 unspecified atom stereocenters. The van der Waals surface area contributed by atoms with Crippen molar-refractivity contribution in [2.45, 2.75) is 43.6 Å². The van der Waals surface area contributed by atoms with E-state index in [1.807, 2.05) is 29.0 Å². The summed E-state index contributed by atoms with van der Waals surface area (Å²) in [6, 6.07) is 5.29. The van der Waals surface area contributed by atoms with Crippen LogP contribution < -0.4 is 10.6 Å². The summed E-state index contributed by atoms with van der Waals surface area (Å²) in [4.78, 5) is 22.6. The highest BCUT2D eigenvalue weighted by atomic mass is 19.1. The SMILES string of the molecule is CNc1cc(-c2cn([C@H]3CCOC[C@@H]3F)c3ncccc23)nc2c(C(=O)N[C@H]3CC[C@@H]3OC)cnn12. The molecule has 11 heteroatoms. The number of alkyl halides is 1. The van der Waals surface area contributed by atoms with Gasteiger partial charge >= 0.3 is 0 Å². The molecule has 5 heterocycles. The first-order valence-corrected chi connectivity index (χ1v) is 12.2. The van der Waals surface area contributed by atoms with Gasteiger partial charge < -0.3 is 24.7 Å². The van der Waals surface area contributed by atoms with Crippen molar-refractivity contribution in [3.63, 3.8) is 0 Å². The van der Waals surface area contributed by atoms with Crippen molar-refractivity contribution in [1.29, 1.82) is 0 Å². The number of nitrogens with one attached hydrogen (secondary N) is 2. The van der Waals surface area contributed by atoms with E-state index in [0.717, 1.165) is 23.8 Å². The summed E-state index contributed by atoms with van der Waals surface area (Å²) in [5, 5.41) is 11.5. The lowest BCUT2D eigenvalue weighted by Crippen LogP contribution is -2.51. The van der Waals surface area contributed by atoms with E-state index in [0.29, 0.717) is 41.4 Å². The van der Waals surface area contributed by atoms with Gasteiger partial charge in [-0.25, -0.2) is 14.4 Å². The fraction of sp³-hybridized carbons (Fsp3) is 0.440. The van der Waals surface area contributed by atoms with Crippen LogP contribution in [0.1, 0.15) is 35.7 Å². The first-order chi connectivity index (χ1) is 17.6. The molecule has 4 atom stereocenters. The number of aromatic nitrogens is 5. The van der Waals surface area contributed by atoms with Crippen LogP contribution in [-0.4, -0.2) is 75.7 Å². The van der Waals surface area contributed by atoms with Crippen molar-refractivity contribution in [2.24, 2.45) is 0 Å². The predicted molar refractivity (Wildman–Crippen MR) is 132 cm³/mol. The van der Waals surface area contributed by atoms with Crippen LogP contribution in [0.2, 0.25) is 0 Å². The smallest absolute Gasteiger partial charge is 0.257 e. The minimum absolute atomic E-state index is 0.0234. The lowest BCUT2D eigenvalue weighted by Gasteiger charge is -2.35. The van der Waals surface area contributed by atoms with Crippen molar-refractivity contribution in [1.82, 2.24) is 29.5 Å². The molecular weight excluding hydrogens is 465 g/mol. The molecule has 1 aliphatic heterocycles. The summed E-state index contributed by atoms with van der Waals surface area (Å²) >= 11 is 0. The molecule has 1 saturated heterocycles. The van der Waals surface area contributed by atoms with E-state index in [2.05, 4.69) is 20.7 Å². The van der Waals surface area contributed by atoms with Gasteiger partial charge in [0.15, 0.2) is 5.65 Å². The van der Waals surface area contributed by atoms with Gasteiger partial charge in [0.05, 0.1) is 36.7 Å². The first-order valence-electron chi connectivity index (χ1n) is 12.2. The molecule has 1 saturated carbocycles. The number of amides is 1. The topological polar surface area (TPSA) is 108 Å². The minimum atomic E-state index is -1.12. The van der Waals surface area contributed by atoms with E-state index in [1.165, 1.54) is 6.20 Å². The van der Waals surface area contributed by atoms with Crippen molar-refractivity contribution in [2.75, 3.05) is 32.7 Å². The van der Waals surface area contributed by atoms with Crippen LogP contribution in [0.4, 0.5) is 10.2 Å². The molecule has 4 aromatic heterocycles. The van der Waals surface area contributed by atoms with Crippen molar-refractivity contribution < 1.29 is 18.7 Å². The number of hydrogen-bond donors (Lipinski definition) is 2. The number of ether oxygens (including phenoxy) is 2. The van der Waals surface area contributed by atoms with E-state index in [1.54, 1.807) is 24.9 Å². The van der Waals surface area contributed by atoms with Crippen LogP contribution in [-0.2, 0) is 9.47 Å². The first kappa shape index (κ1) is 22.9. The average Bonchev–Trinajstić information content (AvgIpc) is 3.49. The number of carbonyl (C=O) groups excluding carboxylic acids is 1. The maximum atomic E-state index is 14.8. The third-order valence-corrected chi connectivity index (χ3v) is 7.28.